The number of carbonyl (C=O) groups excluding carboxylic acids is 1. The van der Waals surface area contributed by atoms with E-state index in [0.29, 0.717) is 23.8 Å². The van der Waals surface area contributed by atoms with Gasteiger partial charge in [0, 0.05) is 13.1 Å². The summed E-state index contributed by atoms with van der Waals surface area (Å²) in [5, 5.41) is 3.64. The van der Waals surface area contributed by atoms with Crippen molar-refractivity contribution in [3.8, 4) is 0 Å². The molecule has 2 N–H and O–H groups in total. The zero-order valence-corrected chi connectivity index (χ0v) is 10.3. The summed E-state index contributed by atoms with van der Waals surface area (Å²) in [4.78, 5) is 14.1. The Balaban J connectivity index is 2.12. The lowest BCUT2D eigenvalue weighted by molar-refractivity contribution is 0.0698. The van der Waals surface area contributed by atoms with Gasteiger partial charge in [-0.1, -0.05) is 11.6 Å². The molecule has 0 aliphatic heterocycles. The predicted molar refractivity (Wildman–Crippen MR) is 63.5 cm³/mol. The summed E-state index contributed by atoms with van der Waals surface area (Å²) in [5.41, 5.74) is 6.29. The molecule has 1 aliphatic rings. The van der Waals surface area contributed by atoms with Crippen LogP contribution < -0.4 is 5.73 Å². The molecular formula is C12H19N3O2. The summed E-state index contributed by atoms with van der Waals surface area (Å²) in [6, 6.07) is 0.252. The Morgan fingerprint density at radius 3 is 3.00 bits per heavy atom. The van der Waals surface area contributed by atoms with Crippen LogP contribution in [0.25, 0.3) is 0 Å². The van der Waals surface area contributed by atoms with Gasteiger partial charge in [-0.25, -0.2) is 0 Å². The molecule has 1 saturated carbocycles. The van der Waals surface area contributed by atoms with E-state index >= 15 is 0 Å². The molecule has 0 bridgehead atoms. The number of nitrogens with two attached hydrogens (primary N) is 1. The smallest absolute Gasteiger partial charge is 0.259 e. The SMILES string of the molecule is Cc1oncc1C(=O)N(C)C1CCCC1CN. The summed E-state index contributed by atoms with van der Waals surface area (Å²) in [6.45, 7) is 2.40. The molecule has 1 aliphatic carbocycles. The van der Waals surface area contributed by atoms with Gasteiger partial charge < -0.3 is 15.2 Å². The predicted octanol–water partition coefficient (Wildman–Crippen LogP) is 1.18. The van der Waals surface area contributed by atoms with E-state index in [0.717, 1.165) is 19.3 Å². The average Bonchev–Trinajstić information content (AvgIpc) is 2.95. The first-order chi connectivity index (χ1) is 8.15. The van der Waals surface area contributed by atoms with Crippen LogP contribution in [-0.2, 0) is 0 Å². The van der Waals surface area contributed by atoms with Crippen LogP contribution in [0.15, 0.2) is 10.7 Å². The first-order valence-electron chi connectivity index (χ1n) is 6.03. The number of hydrogen-bond donors (Lipinski definition) is 1. The fraction of sp³-hybridized carbons (Fsp3) is 0.667. The molecule has 17 heavy (non-hydrogen) atoms. The van der Waals surface area contributed by atoms with Gasteiger partial charge in [0.15, 0.2) is 0 Å². The fourth-order valence-electron chi connectivity index (χ4n) is 2.65. The maximum absolute atomic E-state index is 12.3. The van der Waals surface area contributed by atoms with E-state index in [2.05, 4.69) is 5.16 Å². The van der Waals surface area contributed by atoms with E-state index in [1.54, 1.807) is 11.8 Å². The molecule has 0 spiro atoms. The second-order valence-electron chi connectivity index (χ2n) is 4.71. The van der Waals surface area contributed by atoms with Crippen LogP contribution in [0.2, 0.25) is 0 Å². The van der Waals surface area contributed by atoms with Crippen LogP contribution in [0.3, 0.4) is 0 Å². The average molecular weight is 237 g/mol. The topological polar surface area (TPSA) is 72.4 Å². The molecule has 0 radical (unpaired) electrons. The van der Waals surface area contributed by atoms with Gasteiger partial charge in [-0.3, -0.25) is 4.79 Å². The van der Waals surface area contributed by atoms with Crippen LogP contribution in [0, 0.1) is 12.8 Å². The van der Waals surface area contributed by atoms with Gasteiger partial charge in [-0.2, -0.15) is 0 Å². The molecule has 0 saturated heterocycles. The Morgan fingerprint density at radius 2 is 2.41 bits per heavy atom. The van der Waals surface area contributed by atoms with E-state index < -0.39 is 0 Å². The van der Waals surface area contributed by atoms with Crippen LogP contribution in [0.5, 0.6) is 0 Å². The molecule has 0 aromatic carbocycles. The first-order valence-corrected chi connectivity index (χ1v) is 6.03. The number of rotatable bonds is 3. The van der Waals surface area contributed by atoms with Gasteiger partial charge in [0.1, 0.15) is 11.3 Å². The van der Waals surface area contributed by atoms with Crippen molar-refractivity contribution in [2.24, 2.45) is 11.7 Å². The van der Waals surface area contributed by atoms with Crippen molar-refractivity contribution in [3.63, 3.8) is 0 Å². The first kappa shape index (κ1) is 12.1. The summed E-state index contributed by atoms with van der Waals surface area (Å²) >= 11 is 0. The lowest BCUT2D eigenvalue weighted by Crippen LogP contribution is -2.41. The summed E-state index contributed by atoms with van der Waals surface area (Å²) in [5.74, 6) is 0.974. The number of carbonyl (C=O) groups is 1. The zero-order valence-electron chi connectivity index (χ0n) is 10.3. The lowest BCUT2D eigenvalue weighted by Gasteiger charge is -2.28. The highest BCUT2D eigenvalue weighted by atomic mass is 16.5. The molecule has 2 atom stereocenters. The third kappa shape index (κ3) is 2.20. The zero-order chi connectivity index (χ0) is 12.4. The van der Waals surface area contributed by atoms with Gasteiger partial charge in [0.2, 0.25) is 0 Å². The molecule has 1 aromatic rings. The molecule has 1 aromatic heterocycles. The standard InChI is InChI=1S/C12H19N3O2/c1-8-10(7-14-17-8)12(16)15(2)11-5-3-4-9(11)6-13/h7,9,11H,3-6,13H2,1-2H3. The van der Waals surface area contributed by atoms with Crippen LogP contribution in [0.1, 0.15) is 35.4 Å². The van der Waals surface area contributed by atoms with Gasteiger partial charge in [0.25, 0.3) is 5.91 Å². The normalized spacial score (nSPS) is 23.9. The van der Waals surface area contributed by atoms with Crippen molar-refractivity contribution in [1.29, 1.82) is 0 Å². The van der Waals surface area contributed by atoms with Crippen molar-refractivity contribution < 1.29 is 9.32 Å². The second kappa shape index (κ2) is 4.87. The summed E-state index contributed by atoms with van der Waals surface area (Å²) in [6.07, 6.45) is 4.78. The highest BCUT2D eigenvalue weighted by molar-refractivity contribution is 5.94. The second-order valence-corrected chi connectivity index (χ2v) is 4.71. The monoisotopic (exact) mass is 237 g/mol. The largest absolute Gasteiger partial charge is 0.361 e. The Bertz CT molecular complexity index is 402. The fourth-order valence-corrected chi connectivity index (χ4v) is 2.65. The van der Waals surface area contributed by atoms with Crippen molar-refractivity contribution in [3.05, 3.63) is 17.5 Å². The molecular weight excluding hydrogens is 218 g/mol. The highest BCUT2D eigenvalue weighted by Crippen LogP contribution is 2.29. The van der Waals surface area contributed by atoms with Gasteiger partial charge in [-0.15, -0.1) is 0 Å². The van der Waals surface area contributed by atoms with Crippen molar-refractivity contribution >= 4 is 5.91 Å². The minimum absolute atomic E-state index is 0.0194. The third-order valence-corrected chi connectivity index (χ3v) is 3.72. The Kier molecular flexibility index (Phi) is 3.47. The van der Waals surface area contributed by atoms with E-state index in [1.165, 1.54) is 6.20 Å². The maximum atomic E-state index is 12.3. The molecule has 2 rings (SSSR count). The summed E-state index contributed by atoms with van der Waals surface area (Å²) in [7, 11) is 1.84. The van der Waals surface area contributed by atoms with Crippen LogP contribution in [-0.4, -0.2) is 35.6 Å². The molecule has 1 heterocycles. The minimum Gasteiger partial charge on any atom is -0.361 e. The maximum Gasteiger partial charge on any atom is 0.259 e. The number of amides is 1. The number of aryl methyl sites for hydroxylation is 1. The van der Waals surface area contributed by atoms with Gasteiger partial charge in [0.05, 0.1) is 6.20 Å². The molecule has 2 unspecified atom stereocenters. The Labute approximate surface area is 101 Å². The number of nitrogens with zero attached hydrogens (tertiary/aromatic N) is 2. The Hall–Kier alpha value is -1.36. The number of aromatic nitrogens is 1. The molecule has 94 valence electrons. The third-order valence-electron chi connectivity index (χ3n) is 3.72. The lowest BCUT2D eigenvalue weighted by atomic mass is 10.0. The molecule has 1 amide bonds. The van der Waals surface area contributed by atoms with Crippen LogP contribution >= 0.6 is 0 Å². The van der Waals surface area contributed by atoms with E-state index in [4.69, 9.17) is 10.3 Å². The summed E-state index contributed by atoms with van der Waals surface area (Å²) < 4.78 is 4.93. The van der Waals surface area contributed by atoms with Crippen molar-refractivity contribution in [1.82, 2.24) is 10.1 Å². The van der Waals surface area contributed by atoms with E-state index in [-0.39, 0.29) is 11.9 Å². The number of hydrogen-bond acceptors (Lipinski definition) is 4. The van der Waals surface area contributed by atoms with Gasteiger partial charge in [-0.05, 0) is 32.2 Å². The quantitative estimate of drug-likeness (QED) is 0.856. The van der Waals surface area contributed by atoms with Crippen LogP contribution in [0.4, 0.5) is 0 Å². The van der Waals surface area contributed by atoms with Crippen molar-refractivity contribution in [2.45, 2.75) is 32.2 Å². The minimum atomic E-state index is -0.0194. The van der Waals surface area contributed by atoms with E-state index in [9.17, 15) is 4.79 Å². The van der Waals surface area contributed by atoms with E-state index in [1.807, 2.05) is 7.05 Å². The molecule has 5 heteroatoms. The molecule has 5 nitrogen and oxygen atoms in total. The molecule has 1 fully saturated rings. The van der Waals surface area contributed by atoms with Crippen molar-refractivity contribution in [2.75, 3.05) is 13.6 Å². The highest BCUT2D eigenvalue weighted by Gasteiger charge is 2.33. The Morgan fingerprint density at radius 1 is 1.65 bits per heavy atom. The van der Waals surface area contributed by atoms with Gasteiger partial charge >= 0.3 is 0 Å².